The molecule has 0 radical (unpaired) electrons. The van der Waals surface area contributed by atoms with E-state index in [1.54, 1.807) is 19.2 Å². The maximum atomic E-state index is 11.9. The van der Waals surface area contributed by atoms with Gasteiger partial charge in [-0.15, -0.1) is 0 Å². The Bertz CT molecular complexity index is 669. The number of para-hydroxylation sites is 1. The Hall–Kier alpha value is -2.14. The summed E-state index contributed by atoms with van der Waals surface area (Å²) < 4.78 is 6.40. The summed E-state index contributed by atoms with van der Waals surface area (Å²) in [5, 5.41) is 3.94. The largest absolute Gasteiger partial charge is 0.480 e. The number of benzene rings is 2. The Morgan fingerprint density at radius 3 is 2.59 bits per heavy atom. The molecular formula is C17H17BrN2O2. The topological polar surface area (TPSA) is 50.7 Å². The van der Waals surface area contributed by atoms with Crippen molar-refractivity contribution in [3.8, 4) is 5.75 Å². The van der Waals surface area contributed by atoms with Crippen LogP contribution >= 0.6 is 15.9 Å². The zero-order valence-corrected chi connectivity index (χ0v) is 14.0. The lowest BCUT2D eigenvalue weighted by atomic mass is 10.2. The Labute approximate surface area is 138 Å². The molecule has 1 unspecified atom stereocenters. The van der Waals surface area contributed by atoms with Gasteiger partial charge in [0.2, 0.25) is 0 Å². The lowest BCUT2D eigenvalue weighted by Gasteiger charge is -2.13. The molecule has 1 amide bonds. The fourth-order valence-electron chi connectivity index (χ4n) is 1.70. The first-order valence-electron chi connectivity index (χ1n) is 6.87. The molecule has 0 aliphatic carbocycles. The summed E-state index contributed by atoms with van der Waals surface area (Å²) in [5.74, 6) is 0.312. The third kappa shape index (κ3) is 4.70. The van der Waals surface area contributed by atoms with Crippen LogP contribution in [0.5, 0.6) is 5.75 Å². The molecule has 4 nitrogen and oxygen atoms in total. The molecule has 0 bridgehead atoms. The zero-order chi connectivity index (χ0) is 15.9. The second-order valence-corrected chi connectivity index (χ2v) is 5.69. The van der Waals surface area contributed by atoms with Crippen molar-refractivity contribution in [2.45, 2.75) is 20.0 Å². The highest BCUT2D eigenvalue weighted by atomic mass is 79.9. The van der Waals surface area contributed by atoms with Crippen LogP contribution in [0.4, 0.5) is 0 Å². The van der Waals surface area contributed by atoms with Crippen molar-refractivity contribution in [2.24, 2.45) is 5.10 Å². The predicted octanol–water partition coefficient (Wildman–Crippen LogP) is 3.68. The fraction of sp³-hybridized carbons (Fsp3) is 0.176. The predicted molar refractivity (Wildman–Crippen MR) is 91.1 cm³/mol. The SMILES string of the molecule is Cc1ccc(/C=N/NC(=O)C(C)Oc2ccccc2Br)cc1. The van der Waals surface area contributed by atoms with Gasteiger partial charge in [0.25, 0.3) is 5.91 Å². The van der Waals surface area contributed by atoms with Crippen molar-refractivity contribution in [3.63, 3.8) is 0 Å². The van der Waals surface area contributed by atoms with E-state index >= 15 is 0 Å². The second kappa shape index (κ2) is 7.75. The molecule has 0 saturated carbocycles. The minimum absolute atomic E-state index is 0.306. The minimum atomic E-state index is -0.645. The van der Waals surface area contributed by atoms with E-state index < -0.39 is 6.10 Å². The van der Waals surface area contributed by atoms with Crippen molar-refractivity contribution in [1.29, 1.82) is 0 Å². The van der Waals surface area contributed by atoms with Gasteiger partial charge in [-0.3, -0.25) is 4.79 Å². The van der Waals surface area contributed by atoms with Gasteiger partial charge in [0.15, 0.2) is 6.10 Å². The normalized spacial score (nSPS) is 12.1. The highest BCUT2D eigenvalue weighted by Gasteiger charge is 2.14. The average molecular weight is 361 g/mol. The molecule has 22 heavy (non-hydrogen) atoms. The van der Waals surface area contributed by atoms with Crippen LogP contribution in [0.15, 0.2) is 58.1 Å². The number of amides is 1. The Kier molecular flexibility index (Phi) is 5.72. The molecule has 0 aromatic heterocycles. The molecule has 0 heterocycles. The van der Waals surface area contributed by atoms with Crippen LogP contribution in [-0.2, 0) is 4.79 Å². The molecule has 1 atom stereocenters. The third-order valence-corrected chi connectivity index (χ3v) is 3.63. The lowest BCUT2D eigenvalue weighted by Crippen LogP contribution is -2.33. The molecule has 2 aromatic carbocycles. The van der Waals surface area contributed by atoms with Crippen LogP contribution in [0.2, 0.25) is 0 Å². The molecule has 0 aliphatic rings. The van der Waals surface area contributed by atoms with E-state index in [4.69, 9.17) is 4.74 Å². The number of carbonyl (C=O) groups excluding carboxylic acids is 1. The molecular weight excluding hydrogens is 344 g/mol. The summed E-state index contributed by atoms with van der Waals surface area (Å²) in [7, 11) is 0. The van der Waals surface area contributed by atoms with Crippen LogP contribution in [0.1, 0.15) is 18.1 Å². The van der Waals surface area contributed by atoms with Gasteiger partial charge in [0.05, 0.1) is 10.7 Å². The van der Waals surface area contributed by atoms with E-state index in [0.717, 1.165) is 10.0 Å². The van der Waals surface area contributed by atoms with Gasteiger partial charge in [0, 0.05) is 0 Å². The number of halogens is 1. The standard InChI is InChI=1S/C17H17BrN2O2/c1-12-7-9-14(10-8-12)11-19-20-17(21)13(2)22-16-6-4-3-5-15(16)18/h3-11,13H,1-2H3,(H,20,21)/b19-11+. The number of hydrogen-bond acceptors (Lipinski definition) is 3. The maximum absolute atomic E-state index is 11.9. The van der Waals surface area contributed by atoms with E-state index in [0.29, 0.717) is 5.75 Å². The van der Waals surface area contributed by atoms with Crippen LogP contribution in [-0.4, -0.2) is 18.2 Å². The van der Waals surface area contributed by atoms with Gasteiger partial charge >= 0.3 is 0 Å². The fourth-order valence-corrected chi connectivity index (χ4v) is 2.08. The van der Waals surface area contributed by atoms with Gasteiger partial charge in [-0.25, -0.2) is 5.43 Å². The van der Waals surface area contributed by atoms with Crippen molar-refractivity contribution in [3.05, 3.63) is 64.1 Å². The van der Waals surface area contributed by atoms with Crippen molar-refractivity contribution in [2.75, 3.05) is 0 Å². The number of nitrogens with zero attached hydrogens (tertiary/aromatic N) is 1. The maximum Gasteiger partial charge on any atom is 0.280 e. The molecule has 5 heteroatoms. The number of hydrazone groups is 1. The molecule has 114 valence electrons. The van der Waals surface area contributed by atoms with Gasteiger partial charge in [-0.05, 0) is 47.5 Å². The summed E-state index contributed by atoms with van der Waals surface area (Å²) in [6, 6.07) is 15.2. The summed E-state index contributed by atoms with van der Waals surface area (Å²) in [6.07, 6.45) is 0.955. The molecule has 0 spiro atoms. The monoisotopic (exact) mass is 360 g/mol. The molecule has 2 aromatic rings. The Morgan fingerprint density at radius 1 is 1.23 bits per heavy atom. The number of nitrogens with one attached hydrogen (secondary N) is 1. The van der Waals surface area contributed by atoms with E-state index in [1.165, 1.54) is 5.56 Å². The van der Waals surface area contributed by atoms with Gasteiger partial charge in [0.1, 0.15) is 5.75 Å². The van der Waals surface area contributed by atoms with Crippen LogP contribution < -0.4 is 10.2 Å². The first-order chi connectivity index (χ1) is 10.6. The Balaban J connectivity index is 1.89. The number of rotatable bonds is 5. The van der Waals surface area contributed by atoms with Gasteiger partial charge in [-0.2, -0.15) is 5.10 Å². The van der Waals surface area contributed by atoms with Crippen LogP contribution in [0.25, 0.3) is 0 Å². The first kappa shape index (κ1) is 16.2. The summed E-state index contributed by atoms with van der Waals surface area (Å²) in [4.78, 5) is 11.9. The first-order valence-corrected chi connectivity index (χ1v) is 7.66. The van der Waals surface area contributed by atoms with E-state index in [2.05, 4.69) is 26.5 Å². The summed E-state index contributed by atoms with van der Waals surface area (Å²) in [6.45, 7) is 3.69. The molecule has 2 rings (SSSR count). The van der Waals surface area contributed by atoms with Crippen LogP contribution in [0.3, 0.4) is 0 Å². The smallest absolute Gasteiger partial charge is 0.280 e. The molecule has 0 aliphatic heterocycles. The minimum Gasteiger partial charge on any atom is -0.480 e. The Morgan fingerprint density at radius 2 is 1.91 bits per heavy atom. The number of aryl methyl sites for hydroxylation is 1. The quantitative estimate of drug-likeness (QED) is 0.653. The molecule has 0 fully saturated rings. The second-order valence-electron chi connectivity index (χ2n) is 4.84. The number of hydrogen-bond donors (Lipinski definition) is 1. The van der Waals surface area contributed by atoms with Crippen molar-refractivity contribution >= 4 is 28.1 Å². The van der Waals surface area contributed by atoms with E-state index in [1.807, 2.05) is 49.4 Å². The number of ether oxygens (including phenoxy) is 1. The van der Waals surface area contributed by atoms with Gasteiger partial charge < -0.3 is 4.74 Å². The third-order valence-electron chi connectivity index (χ3n) is 2.98. The molecule has 1 N–H and O–H groups in total. The van der Waals surface area contributed by atoms with Crippen LogP contribution in [0, 0.1) is 6.92 Å². The molecule has 0 saturated heterocycles. The highest BCUT2D eigenvalue weighted by molar-refractivity contribution is 9.10. The van der Waals surface area contributed by atoms with E-state index in [9.17, 15) is 4.79 Å². The van der Waals surface area contributed by atoms with E-state index in [-0.39, 0.29) is 5.91 Å². The summed E-state index contributed by atoms with van der Waals surface area (Å²) >= 11 is 3.38. The summed E-state index contributed by atoms with van der Waals surface area (Å²) in [5.41, 5.74) is 4.57. The van der Waals surface area contributed by atoms with Crippen molar-refractivity contribution < 1.29 is 9.53 Å². The lowest BCUT2D eigenvalue weighted by molar-refractivity contribution is -0.127. The zero-order valence-electron chi connectivity index (χ0n) is 12.4. The number of carbonyl (C=O) groups is 1. The average Bonchev–Trinajstić information content (AvgIpc) is 2.51. The highest BCUT2D eigenvalue weighted by Crippen LogP contribution is 2.24. The van der Waals surface area contributed by atoms with Gasteiger partial charge in [-0.1, -0.05) is 42.0 Å². The van der Waals surface area contributed by atoms with Crippen molar-refractivity contribution in [1.82, 2.24) is 5.43 Å².